The van der Waals surface area contributed by atoms with Crippen molar-refractivity contribution in [3.05, 3.63) is 58.7 Å². The average Bonchev–Trinajstić information content (AvgIpc) is 2.41. The zero-order chi connectivity index (χ0) is 14.7. The Morgan fingerprint density at radius 3 is 2.65 bits per heavy atom. The van der Waals surface area contributed by atoms with Crippen LogP contribution in [-0.4, -0.2) is 11.1 Å². The van der Waals surface area contributed by atoms with Gasteiger partial charge in [0, 0.05) is 0 Å². The molecule has 0 unspecified atom stereocenters. The maximum absolute atomic E-state index is 10.9. The van der Waals surface area contributed by atoms with E-state index in [0.717, 1.165) is 16.7 Å². The summed E-state index contributed by atoms with van der Waals surface area (Å²) in [5.41, 5.74) is 9.74. The molecule has 0 aliphatic carbocycles. The molecule has 0 fully saturated rings. The van der Waals surface area contributed by atoms with E-state index in [1.165, 1.54) is 12.1 Å². The van der Waals surface area contributed by atoms with Crippen molar-refractivity contribution in [3.63, 3.8) is 0 Å². The number of carbonyl (C=O) groups is 1. The van der Waals surface area contributed by atoms with Gasteiger partial charge in [0.05, 0.1) is 11.3 Å². The molecule has 0 atom stereocenters. The number of nitrogens with two attached hydrogens (primary N) is 1. The Bertz CT molecular complexity index is 650. The van der Waals surface area contributed by atoms with Crippen LogP contribution in [0.15, 0.2) is 36.4 Å². The maximum Gasteiger partial charge on any atom is 0.335 e. The van der Waals surface area contributed by atoms with E-state index in [1.54, 1.807) is 6.07 Å². The first-order valence-electron chi connectivity index (χ1n) is 6.29. The first-order chi connectivity index (χ1) is 9.47. The molecule has 20 heavy (non-hydrogen) atoms. The monoisotopic (exact) mass is 271 g/mol. The van der Waals surface area contributed by atoms with Crippen LogP contribution in [0.4, 0.5) is 5.69 Å². The van der Waals surface area contributed by atoms with Crippen LogP contribution in [-0.2, 0) is 6.61 Å². The lowest BCUT2D eigenvalue weighted by atomic mass is 10.1. The summed E-state index contributed by atoms with van der Waals surface area (Å²) in [4.78, 5) is 10.9. The third-order valence-corrected chi connectivity index (χ3v) is 3.15. The summed E-state index contributed by atoms with van der Waals surface area (Å²) in [5.74, 6) is -0.604. The SMILES string of the molecule is Cc1ccc(C)c(COc2cc(C(=O)O)ccc2N)c1. The molecule has 0 saturated heterocycles. The molecule has 4 nitrogen and oxygen atoms in total. The van der Waals surface area contributed by atoms with E-state index in [9.17, 15) is 4.79 Å². The van der Waals surface area contributed by atoms with Crippen molar-refractivity contribution in [2.24, 2.45) is 0 Å². The highest BCUT2D eigenvalue weighted by atomic mass is 16.5. The Hall–Kier alpha value is -2.49. The molecule has 2 rings (SSSR count). The first-order valence-corrected chi connectivity index (χ1v) is 6.29. The van der Waals surface area contributed by atoms with Crippen molar-refractivity contribution in [2.45, 2.75) is 20.5 Å². The second-order valence-electron chi connectivity index (χ2n) is 4.78. The normalized spacial score (nSPS) is 10.3. The van der Waals surface area contributed by atoms with Crippen LogP contribution < -0.4 is 10.5 Å². The van der Waals surface area contributed by atoms with Crippen molar-refractivity contribution in [1.82, 2.24) is 0 Å². The largest absolute Gasteiger partial charge is 0.487 e. The second kappa shape index (κ2) is 5.65. The molecular formula is C16H17NO3. The summed E-state index contributed by atoms with van der Waals surface area (Å²) < 4.78 is 5.66. The molecule has 0 amide bonds. The Morgan fingerprint density at radius 2 is 1.95 bits per heavy atom. The van der Waals surface area contributed by atoms with Gasteiger partial charge in [0.15, 0.2) is 0 Å². The molecule has 2 aromatic carbocycles. The van der Waals surface area contributed by atoms with Crippen LogP contribution in [0.5, 0.6) is 5.75 Å². The molecule has 0 spiro atoms. The molecule has 2 aromatic rings. The van der Waals surface area contributed by atoms with Gasteiger partial charge in [-0.2, -0.15) is 0 Å². The van der Waals surface area contributed by atoms with Gasteiger partial charge in [-0.25, -0.2) is 4.79 Å². The molecule has 0 aromatic heterocycles. The third kappa shape index (κ3) is 3.09. The lowest BCUT2D eigenvalue weighted by molar-refractivity contribution is 0.0696. The van der Waals surface area contributed by atoms with Gasteiger partial charge < -0.3 is 15.6 Å². The minimum atomic E-state index is -0.999. The molecule has 0 heterocycles. The summed E-state index contributed by atoms with van der Waals surface area (Å²) in [5, 5.41) is 8.97. The molecule has 0 saturated carbocycles. The summed E-state index contributed by atoms with van der Waals surface area (Å²) in [6.07, 6.45) is 0. The number of rotatable bonds is 4. The van der Waals surface area contributed by atoms with Crippen LogP contribution in [0.1, 0.15) is 27.0 Å². The van der Waals surface area contributed by atoms with E-state index in [2.05, 4.69) is 0 Å². The van der Waals surface area contributed by atoms with Crippen molar-refractivity contribution < 1.29 is 14.6 Å². The van der Waals surface area contributed by atoms with Gasteiger partial charge in [0.2, 0.25) is 0 Å². The molecule has 0 aliphatic heterocycles. The first kappa shape index (κ1) is 13.9. The Kier molecular flexibility index (Phi) is 3.94. The highest BCUT2D eigenvalue weighted by Crippen LogP contribution is 2.24. The number of aryl methyl sites for hydroxylation is 2. The van der Waals surface area contributed by atoms with Crippen LogP contribution in [0.2, 0.25) is 0 Å². The topological polar surface area (TPSA) is 72.5 Å². The van der Waals surface area contributed by atoms with Crippen molar-refractivity contribution in [2.75, 3.05) is 5.73 Å². The summed E-state index contributed by atoms with van der Waals surface area (Å²) in [6.45, 7) is 4.39. The fraction of sp³-hybridized carbons (Fsp3) is 0.188. The van der Waals surface area contributed by atoms with E-state index < -0.39 is 5.97 Å². The molecule has 0 aliphatic rings. The number of aromatic carboxylic acids is 1. The zero-order valence-corrected chi connectivity index (χ0v) is 11.5. The highest BCUT2D eigenvalue weighted by Gasteiger charge is 2.08. The van der Waals surface area contributed by atoms with Gasteiger partial charge in [-0.3, -0.25) is 0 Å². The van der Waals surface area contributed by atoms with Crippen LogP contribution in [0.25, 0.3) is 0 Å². The number of carboxylic acids is 1. The highest BCUT2D eigenvalue weighted by molar-refractivity contribution is 5.89. The Labute approximate surface area is 117 Å². The third-order valence-electron chi connectivity index (χ3n) is 3.15. The molecule has 104 valence electrons. The summed E-state index contributed by atoms with van der Waals surface area (Å²) >= 11 is 0. The van der Waals surface area contributed by atoms with Crippen molar-refractivity contribution in [1.29, 1.82) is 0 Å². The second-order valence-corrected chi connectivity index (χ2v) is 4.78. The summed E-state index contributed by atoms with van der Waals surface area (Å²) in [7, 11) is 0. The van der Waals surface area contributed by atoms with Gasteiger partial charge in [-0.05, 0) is 43.2 Å². The fourth-order valence-electron chi connectivity index (χ4n) is 1.90. The molecule has 0 bridgehead atoms. The fourth-order valence-corrected chi connectivity index (χ4v) is 1.90. The Balaban J connectivity index is 2.20. The minimum Gasteiger partial charge on any atom is -0.487 e. The van der Waals surface area contributed by atoms with Crippen molar-refractivity contribution >= 4 is 11.7 Å². The van der Waals surface area contributed by atoms with Gasteiger partial charge in [0.25, 0.3) is 0 Å². The Morgan fingerprint density at radius 1 is 1.20 bits per heavy atom. The van der Waals surface area contributed by atoms with E-state index in [0.29, 0.717) is 18.0 Å². The number of hydrogen-bond donors (Lipinski definition) is 2. The maximum atomic E-state index is 10.9. The van der Waals surface area contributed by atoms with Crippen LogP contribution in [0.3, 0.4) is 0 Å². The predicted octanol–water partition coefficient (Wildman–Crippen LogP) is 3.16. The lowest BCUT2D eigenvalue weighted by Gasteiger charge is -2.12. The standard InChI is InChI=1S/C16H17NO3/c1-10-3-4-11(2)13(7-10)9-20-15-8-12(16(18)19)5-6-14(15)17/h3-8H,9,17H2,1-2H3,(H,18,19). The van der Waals surface area contributed by atoms with E-state index in [1.807, 2.05) is 32.0 Å². The van der Waals surface area contributed by atoms with Gasteiger partial charge in [-0.15, -0.1) is 0 Å². The van der Waals surface area contributed by atoms with Crippen LogP contribution in [0, 0.1) is 13.8 Å². The van der Waals surface area contributed by atoms with Crippen molar-refractivity contribution in [3.8, 4) is 5.75 Å². The number of anilines is 1. The molecule has 4 heteroatoms. The average molecular weight is 271 g/mol. The number of benzene rings is 2. The lowest BCUT2D eigenvalue weighted by Crippen LogP contribution is -2.03. The number of carboxylic acid groups (broad SMARTS) is 1. The number of ether oxygens (including phenoxy) is 1. The van der Waals surface area contributed by atoms with E-state index >= 15 is 0 Å². The number of hydrogen-bond acceptors (Lipinski definition) is 3. The van der Waals surface area contributed by atoms with Gasteiger partial charge in [-0.1, -0.05) is 23.8 Å². The smallest absolute Gasteiger partial charge is 0.335 e. The number of nitrogen functional groups attached to an aromatic ring is 1. The van der Waals surface area contributed by atoms with Gasteiger partial charge in [0.1, 0.15) is 12.4 Å². The predicted molar refractivity (Wildman–Crippen MR) is 78.1 cm³/mol. The summed E-state index contributed by atoms with van der Waals surface area (Å²) in [6, 6.07) is 10.6. The molecule has 0 radical (unpaired) electrons. The molecular weight excluding hydrogens is 254 g/mol. The van der Waals surface area contributed by atoms with E-state index in [4.69, 9.17) is 15.6 Å². The van der Waals surface area contributed by atoms with E-state index in [-0.39, 0.29) is 5.56 Å². The van der Waals surface area contributed by atoms with Gasteiger partial charge >= 0.3 is 5.97 Å². The zero-order valence-electron chi connectivity index (χ0n) is 11.5. The minimum absolute atomic E-state index is 0.162. The quantitative estimate of drug-likeness (QED) is 0.838. The van der Waals surface area contributed by atoms with Crippen LogP contribution >= 0.6 is 0 Å². The molecule has 3 N–H and O–H groups in total.